The maximum atomic E-state index is 12.1. The second-order valence-electron chi connectivity index (χ2n) is 4.12. The monoisotopic (exact) mass is 357 g/mol. The SMILES string of the molecule is COc1ccc(C(=O)CN2C(=O)CCSC2=O)cc1Br. The van der Waals surface area contributed by atoms with Gasteiger partial charge < -0.3 is 4.74 Å². The molecule has 0 aromatic heterocycles. The van der Waals surface area contributed by atoms with Gasteiger partial charge >= 0.3 is 0 Å². The van der Waals surface area contributed by atoms with Crippen LogP contribution in [0.1, 0.15) is 16.8 Å². The Balaban J connectivity index is 2.13. The molecule has 1 aliphatic rings. The summed E-state index contributed by atoms with van der Waals surface area (Å²) in [7, 11) is 1.53. The molecule has 0 atom stereocenters. The van der Waals surface area contributed by atoms with Crippen LogP contribution in [0.2, 0.25) is 0 Å². The zero-order valence-corrected chi connectivity index (χ0v) is 13.1. The van der Waals surface area contributed by atoms with E-state index in [1.54, 1.807) is 18.2 Å². The number of carbonyl (C=O) groups excluding carboxylic acids is 3. The van der Waals surface area contributed by atoms with Crippen molar-refractivity contribution in [3.63, 3.8) is 0 Å². The number of benzene rings is 1. The third-order valence-electron chi connectivity index (χ3n) is 2.84. The lowest BCUT2D eigenvalue weighted by Gasteiger charge is -2.23. The predicted octanol–water partition coefficient (Wildman–Crippen LogP) is 2.73. The summed E-state index contributed by atoms with van der Waals surface area (Å²) >= 11 is 4.36. The second kappa shape index (κ2) is 6.41. The molecule has 1 aromatic rings. The normalized spacial score (nSPS) is 15.4. The van der Waals surface area contributed by atoms with Crippen LogP contribution in [0.3, 0.4) is 0 Å². The van der Waals surface area contributed by atoms with E-state index in [0.717, 1.165) is 16.7 Å². The minimum absolute atomic E-state index is 0.219. The lowest BCUT2D eigenvalue weighted by Crippen LogP contribution is -2.41. The molecule has 1 aliphatic heterocycles. The number of thioether (sulfide) groups is 1. The Labute approximate surface area is 128 Å². The van der Waals surface area contributed by atoms with Crippen molar-refractivity contribution in [3.05, 3.63) is 28.2 Å². The van der Waals surface area contributed by atoms with E-state index in [-0.39, 0.29) is 29.9 Å². The Morgan fingerprint density at radius 1 is 1.45 bits per heavy atom. The molecule has 7 heteroatoms. The second-order valence-corrected chi connectivity index (χ2v) is 6.02. The lowest BCUT2D eigenvalue weighted by molar-refractivity contribution is -0.127. The van der Waals surface area contributed by atoms with Crippen molar-refractivity contribution in [2.75, 3.05) is 19.4 Å². The number of imide groups is 1. The molecule has 0 saturated carbocycles. The van der Waals surface area contributed by atoms with Crippen molar-refractivity contribution in [1.29, 1.82) is 0 Å². The third kappa shape index (κ3) is 3.21. The fourth-order valence-corrected chi connectivity index (χ4v) is 3.08. The van der Waals surface area contributed by atoms with Crippen LogP contribution in [-0.4, -0.2) is 41.2 Å². The van der Waals surface area contributed by atoms with Crippen molar-refractivity contribution >= 4 is 44.6 Å². The van der Waals surface area contributed by atoms with Gasteiger partial charge in [0.2, 0.25) is 5.91 Å². The number of halogens is 1. The molecular weight excluding hydrogens is 346 g/mol. The fourth-order valence-electron chi connectivity index (χ4n) is 1.77. The van der Waals surface area contributed by atoms with Crippen LogP contribution in [0.25, 0.3) is 0 Å². The van der Waals surface area contributed by atoms with E-state index in [1.807, 2.05) is 0 Å². The summed E-state index contributed by atoms with van der Waals surface area (Å²) < 4.78 is 5.73. The molecule has 1 saturated heterocycles. The molecule has 0 unspecified atom stereocenters. The number of hydrogen-bond donors (Lipinski definition) is 0. The molecule has 0 radical (unpaired) electrons. The van der Waals surface area contributed by atoms with Gasteiger partial charge in [-0.3, -0.25) is 19.3 Å². The number of nitrogens with zero attached hydrogens (tertiary/aromatic N) is 1. The highest BCUT2D eigenvalue weighted by Crippen LogP contribution is 2.26. The minimum atomic E-state index is -0.359. The zero-order valence-electron chi connectivity index (χ0n) is 10.7. The smallest absolute Gasteiger partial charge is 0.288 e. The maximum absolute atomic E-state index is 12.1. The number of ketones is 1. The van der Waals surface area contributed by atoms with Crippen molar-refractivity contribution < 1.29 is 19.1 Å². The maximum Gasteiger partial charge on any atom is 0.288 e. The summed E-state index contributed by atoms with van der Waals surface area (Å²) in [6.07, 6.45) is 0.288. The summed E-state index contributed by atoms with van der Waals surface area (Å²) in [6.45, 7) is -0.219. The minimum Gasteiger partial charge on any atom is -0.496 e. The lowest BCUT2D eigenvalue weighted by atomic mass is 10.1. The first-order valence-electron chi connectivity index (χ1n) is 5.87. The number of ether oxygens (including phenoxy) is 1. The van der Waals surface area contributed by atoms with Gasteiger partial charge in [0.05, 0.1) is 18.1 Å². The number of Topliss-reactive ketones (excluding diaryl/α,β-unsaturated/α-hetero) is 1. The van der Waals surface area contributed by atoms with Gasteiger partial charge in [-0.2, -0.15) is 0 Å². The molecule has 20 heavy (non-hydrogen) atoms. The molecule has 0 bridgehead atoms. The Hall–Kier alpha value is -1.34. The van der Waals surface area contributed by atoms with Crippen LogP contribution in [0.4, 0.5) is 4.79 Å². The average molecular weight is 358 g/mol. The average Bonchev–Trinajstić information content (AvgIpc) is 2.42. The summed E-state index contributed by atoms with van der Waals surface area (Å²) in [4.78, 5) is 36.4. The van der Waals surface area contributed by atoms with Crippen molar-refractivity contribution in [2.45, 2.75) is 6.42 Å². The third-order valence-corrected chi connectivity index (χ3v) is 4.33. The summed E-state index contributed by atoms with van der Waals surface area (Å²) in [5, 5.41) is -0.359. The molecule has 2 rings (SSSR count). The largest absolute Gasteiger partial charge is 0.496 e. The van der Waals surface area contributed by atoms with Crippen LogP contribution in [0.5, 0.6) is 5.75 Å². The van der Waals surface area contributed by atoms with E-state index in [0.29, 0.717) is 21.5 Å². The Morgan fingerprint density at radius 3 is 2.80 bits per heavy atom. The van der Waals surface area contributed by atoms with Crippen LogP contribution >= 0.6 is 27.7 Å². The first kappa shape index (κ1) is 15.1. The molecule has 2 amide bonds. The fraction of sp³-hybridized carbons (Fsp3) is 0.308. The molecule has 106 valence electrons. The van der Waals surface area contributed by atoms with Gasteiger partial charge in [-0.25, -0.2) is 0 Å². The molecule has 1 fully saturated rings. The highest BCUT2D eigenvalue weighted by Gasteiger charge is 2.28. The Bertz CT molecular complexity index is 559. The zero-order chi connectivity index (χ0) is 14.7. The quantitative estimate of drug-likeness (QED) is 0.775. The van der Waals surface area contributed by atoms with Crippen LogP contribution < -0.4 is 4.74 Å². The number of hydrogen-bond acceptors (Lipinski definition) is 5. The van der Waals surface area contributed by atoms with Crippen molar-refractivity contribution in [1.82, 2.24) is 4.90 Å². The molecular formula is C13H12BrNO4S. The van der Waals surface area contributed by atoms with E-state index >= 15 is 0 Å². The first-order valence-corrected chi connectivity index (χ1v) is 7.64. The van der Waals surface area contributed by atoms with Gasteiger partial charge in [0, 0.05) is 17.7 Å². The van der Waals surface area contributed by atoms with Crippen LogP contribution in [-0.2, 0) is 4.79 Å². The van der Waals surface area contributed by atoms with E-state index < -0.39 is 0 Å². The van der Waals surface area contributed by atoms with E-state index in [9.17, 15) is 14.4 Å². The standard InChI is InChI=1S/C13H12BrNO4S/c1-19-11-3-2-8(6-9(11)14)10(16)7-15-12(17)4-5-20-13(15)18/h2-3,6H,4-5,7H2,1H3. The molecule has 0 N–H and O–H groups in total. The summed E-state index contributed by atoms with van der Waals surface area (Å²) in [6, 6.07) is 4.89. The number of rotatable bonds is 4. The first-order chi connectivity index (χ1) is 9.52. The number of amides is 2. The highest BCUT2D eigenvalue weighted by atomic mass is 79.9. The van der Waals surface area contributed by atoms with Crippen molar-refractivity contribution in [2.24, 2.45) is 0 Å². The van der Waals surface area contributed by atoms with E-state index in [4.69, 9.17) is 4.74 Å². The van der Waals surface area contributed by atoms with Gasteiger partial charge in [-0.05, 0) is 34.1 Å². The van der Waals surface area contributed by atoms with Gasteiger partial charge in [-0.1, -0.05) is 11.8 Å². The van der Waals surface area contributed by atoms with Crippen molar-refractivity contribution in [3.8, 4) is 5.75 Å². The molecule has 1 aromatic carbocycles. The number of methoxy groups -OCH3 is 1. The number of carbonyl (C=O) groups is 3. The molecule has 5 nitrogen and oxygen atoms in total. The molecule has 1 heterocycles. The van der Waals surface area contributed by atoms with Gasteiger partial charge in [0.1, 0.15) is 5.75 Å². The summed E-state index contributed by atoms with van der Waals surface area (Å²) in [5.41, 5.74) is 0.425. The van der Waals surface area contributed by atoms with Crippen LogP contribution in [0.15, 0.2) is 22.7 Å². The van der Waals surface area contributed by atoms with E-state index in [1.165, 1.54) is 7.11 Å². The van der Waals surface area contributed by atoms with Gasteiger partial charge in [0.15, 0.2) is 5.78 Å². The predicted molar refractivity (Wildman–Crippen MR) is 79.2 cm³/mol. The van der Waals surface area contributed by atoms with Gasteiger partial charge in [-0.15, -0.1) is 0 Å². The molecule has 0 spiro atoms. The van der Waals surface area contributed by atoms with Crippen LogP contribution in [0, 0.1) is 0 Å². The van der Waals surface area contributed by atoms with E-state index in [2.05, 4.69) is 15.9 Å². The topological polar surface area (TPSA) is 63.7 Å². The molecule has 0 aliphatic carbocycles. The Kier molecular flexibility index (Phi) is 4.82. The summed E-state index contributed by atoms with van der Waals surface area (Å²) in [5.74, 6) is 0.519. The van der Waals surface area contributed by atoms with Gasteiger partial charge in [0.25, 0.3) is 5.24 Å². The Morgan fingerprint density at radius 2 is 2.20 bits per heavy atom. The highest BCUT2D eigenvalue weighted by molar-refractivity contribution is 9.10.